The molecule has 0 aliphatic carbocycles. The lowest BCUT2D eigenvalue weighted by Crippen LogP contribution is -2.41. The van der Waals surface area contributed by atoms with Gasteiger partial charge in [-0.25, -0.2) is 0 Å². The van der Waals surface area contributed by atoms with Crippen LogP contribution in [0.3, 0.4) is 0 Å². The van der Waals surface area contributed by atoms with Crippen LogP contribution in [0.15, 0.2) is 0 Å². The average molecular weight is 848 g/mol. The Kier molecular flexibility index (Phi) is 44.2. The molecule has 0 fully saturated rings. The summed E-state index contributed by atoms with van der Waals surface area (Å²) in [5.74, 6) is 1.26. The van der Waals surface area contributed by atoms with Crippen LogP contribution < -0.4 is 0 Å². The van der Waals surface area contributed by atoms with Crippen LogP contribution in [0, 0.1) is 11.8 Å². The van der Waals surface area contributed by atoms with Gasteiger partial charge >= 0.3 is 11.9 Å². The van der Waals surface area contributed by atoms with Crippen molar-refractivity contribution in [1.29, 1.82) is 0 Å². The number of nitrogens with zero attached hydrogens (tertiary/aromatic N) is 1. The lowest BCUT2D eigenvalue weighted by atomic mass is 9.94. The van der Waals surface area contributed by atoms with Gasteiger partial charge in [-0.2, -0.15) is 0 Å². The Hall–Kier alpha value is -1.59. The van der Waals surface area contributed by atoms with Crippen molar-refractivity contribution in [3.63, 3.8) is 0 Å². The summed E-state index contributed by atoms with van der Waals surface area (Å²) in [6, 6.07) is 0.252. The van der Waals surface area contributed by atoms with Gasteiger partial charge < -0.3 is 14.4 Å². The van der Waals surface area contributed by atoms with E-state index in [1.54, 1.807) is 0 Å². The maximum absolute atomic E-state index is 13.7. The molecule has 0 aromatic heterocycles. The van der Waals surface area contributed by atoms with Crippen LogP contribution in [0.25, 0.3) is 0 Å². The van der Waals surface area contributed by atoms with Crippen molar-refractivity contribution in [2.75, 3.05) is 19.8 Å². The van der Waals surface area contributed by atoms with Gasteiger partial charge in [-0.15, -0.1) is 0 Å². The van der Waals surface area contributed by atoms with Crippen molar-refractivity contribution in [2.45, 2.75) is 298 Å². The van der Waals surface area contributed by atoms with Crippen molar-refractivity contribution in [3.8, 4) is 0 Å². The van der Waals surface area contributed by atoms with Crippen LogP contribution in [-0.2, 0) is 23.9 Å². The number of carbonyl (C=O) groups is 3. The minimum absolute atomic E-state index is 0.0252. The quantitative estimate of drug-likeness (QED) is 0.0451. The molecule has 2 atom stereocenters. The summed E-state index contributed by atoms with van der Waals surface area (Å²) in [6.07, 6.45) is 44.2. The van der Waals surface area contributed by atoms with Crippen LogP contribution in [0.4, 0.5) is 0 Å². The number of hydrogen-bond acceptors (Lipinski definition) is 5. The number of amides is 1. The number of hydrogen-bond donors (Lipinski definition) is 0. The zero-order valence-corrected chi connectivity index (χ0v) is 41.4. The molecule has 1 amide bonds. The third-order valence-corrected chi connectivity index (χ3v) is 12.8. The summed E-state index contributed by atoms with van der Waals surface area (Å²) < 4.78 is 11.6. The molecule has 60 heavy (non-hydrogen) atoms. The summed E-state index contributed by atoms with van der Waals surface area (Å²) in [6.45, 7) is 15.4. The summed E-state index contributed by atoms with van der Waals surface area (Å²) >= 11 is 0. The number of unbranched alkanes of at least 4 members (excludes halogenated alkanes) is 22. The molecule has 0 rings (SSSR count). The molecule has 0 N–H and O–H groups in total. The van der Waals surface area contributed by atoms with E-state index in [1.165, 1.54) is 128 Å². The van der Waals surface area contributed by atoms with Crippen LogP contribution in [0.1, 0.15) is 292 Å². The first-order chi connectivity index (χ1) is 29.4. The predicted octanol–water partition coefficient (Wildman–Crippen LogP) is 16.8. The summed E-state index contributed by atoms with van der Waals surface area (Å²) in [7, 11) is 0. The van der Waals surface area contributed by atoms with Crippen molar-refractivity contribution in [1.82, 2.24) is 4.90 Å². The smallest absolute Gasteiger partial charge is 0.305 e. The minimum atomic E-state index is -0.0461. The third kappa shape index (κ3) is 37.0. The number of ether oxygens (including phenoxy) is 2. The fraction of sp³-hybridized carbons (Fsp3) is 0.944. The van der Waals surface area contributed by atoms with E-state index in [4.69, 9.17) is 9.47 Å². The molecule has 0 heterocycles. The number of esters is 2. The molecule has 0 bridgehead atoms. The van der Waals surface area contributed by atoms with Crippen molar-refractivity contribution in [2.24, 2.45) is 11.8 Å². The molecule has 2 unspecified atom stereocenters. The molecule has 6 heteroatoms. The Labute approximate surface area is 375 Å². The molecule has 356 valence electrons. The zero-order chi connectivity index (χ0) is 44.2. The number of rotatable bonds is 47. The molecule has 0 saturated heterocycles. The maximum atomic E-state index is 13.7. The number of carbonyl (C=O) groups excluding carboxylic acids is 3. The monoisotopic (exact) mass is 848 g/mol. The van der Waals surface area contributed by atoms with Crippen molar-refractivity contribution in [3.05, 3.63) is 0 Å². The molecular formula is C54H105NO5. The Morgan fingerprint density at radius 2 is 0.683 bits per heavy atom. The highest BCUT2D eigenvalue weighted by atomic mass is 16.5. The fourth-order valence-electron chi connectivity index (χ4n) is 9.02. The molecule has 0 saturated carbocycles. The molecule has 0 spiro atoms. The van der Waals surface area contributed by atoms with E-state index in [9.17, 15) is 14.4 Å². The van der Waals surface area contributed by atoms with E-state index in [0.29, 0.717) is 50.2 Å². The van der Waals surface area contributed by atoms with Crippen LogP contribution in [-0.4, -0.2) is 48.5 Å². The summed E-state index contributed by atoms with van der Waals surface area (Å²) in [4.78, 5) is 41.3. The van der Waals surface area contributed by atoms with E-state index >= 15 is 0 Å². The van der Waals surface area contributed by atoms with E-state index in [-0.39, 0.29) is 18.0 Å². The van der Waals surface area contributed by atoms with Gasteiger partial charge in [0.05, 0.1) is 13.2 Å². The molecular weight excluding hydrogens is 743 g/mol. The van der Waals surface area contributed by atoms with Gasteiger partial charge in [-0.1, -0.05) is 208 Å². The lowest BCUT2D eigenvalue weighted by molar-refractivity contribution is -0.146. The molecule has 0 aromatic carbocycles. The normalized spacial score (nSPS) is 12.5. The molecule has 0 aliphatic rings. The first-order valence-corrected chi connectivity index (χ1v) is 27.0. The lowest BCUT2D eigenvalue weighted by Gasteiger charge is -2.32. The first-order valence-electron chi connectivity index (χ1n) is 27.0. The Morgan fingerprint density at radius 1 is 0.350 bits per heavy atom. The van der Waals surface area contributed by atoms with Crippen molar-refractivity contribution < 1.29 is 23.9 Å². The second kappa shape index (κ2) is 45.4. The van der Waals surface area contributed by atoms with E-state index < -0.39 is 0 Å². The van der Waals surface area contributed by atoms with Gasteiger partial charge in [0.2, 0.25) is 5.91 Å². The van der Waals surface area contributed by atoms with Crippen LogP contribution >= 0.6 is 0 Å². The average Bonchev–Trinajstić information content (AvgIpc) is 3.24. The maximum Gasteiger partial charge on any atom is 0.305 e. The Balaban J connectivity index is 4.98. The SMILES string of the molecule is CCCCCCCCCCC(CCCCCCCC)COC(=O)CCCCCC(CCCCCCC(=O)OCC(CCC)CCC)N(CCC)C(=O)CCCCCCCC. The predicted molar refractivity (Wildman–Crippen MR) is 259 cm³/mol. The topological polar surface area (TPSA) is 72.9 Å². The van der Waals surface area contributed by atoms with Crippen molar-refractivity contribution >= 4 is 17.8 Å². The van der Waals surface area contributed by atoms with E-state index in [2.05, 4.69) is 46.4 Å². The van der Waals surface area contributed by atoms with Gasteiger partial charge in [0.1, 0.15) is 0 Å². The second-order valence-electron chi connectivity index (χ2n) is 18.8. The Morgan fingerprint density at radius 3 is 1.08 bits per heavy atom. The van der Waals surface area contributed by atoms with E-state index in [0.717, 1.165) is 109 Å². The first kappa shape index (κ1) is 58.4. The fourth-order valence-corrected chi connectivity index (χ4v) is 9.02. The molecule has 0 radical (unpaired) electrons. The summed E-state index contributed by atoms with van der Waals surface area (Å²) in [5, 5.41) is 0. The zero-order valence-electron chi connectivity index (χ0n) is 41.4. The summed E-state index contributed by atoms with van der Waals surface area (Å²) in [5.41, 5.74) is 0. The highest BCUT2D eigenvalue weighted by molar-refractivity contribution is 5.76. The van der Waals surface area contributed by atoms with Gasteiger partial charge in [0.25, 0.3) is 0 Å². The van der Waals surface area contributed by atoms with Gasteiger partial charge in [0.15, 0.2) is 0 Å². The van der Waals surface area contributed by atoms with Crippen LogP contribution in [0.2, 0.25) is 0 Å². The highest BCUT2D eigenvalue weighted by Crippen LogP contribution is 2.23. The van der Waals surface area contributed by atoms with Gasteiger partial charge in [0, 0.05) is 31.8 Å². The molecule has 0 aromatic rings. The van der Waals surface area contributed by atoms with E-state index in [1.807, 2.05) is 0 Å². The minimum Gasteiger partial charge on any atom is -0.465 e. The molecule has 6 nitrogen and oxygen atoms in total. The molecule has 0 aliphatic heterocycles. The highest BCUT2D eigenvalue weighted by Gasteiger charge is 2.22. The standard InChI is InChI=1S/C54H105NO5/c1-7-13-16-19-22-23-25-31-40-50(39-30-24-20-17-14-8-2)48-60-54(58)45-36-29-33-42-51(55(46-12-6)52(56)43-34-26-21-18-15-9-3)41-32-27-28-35-44-53(57)59-47-49(37-10-4)38-11-5/h49-51H,7-48H2,1-6H3. The van der Waals surface area contributed by atoms with Gasteiger partial charge in [-0.05, 0) is 76.0 Å². The Bertz CT molecular complexity index is 933. The second-order valence-corrected chi connectivity index (χ2v) is 18.8. The largest absolute Gasteiger partial charge is 0.465 e. The third-order valence-electron chi connectivity index (χ3n) is 12.8. The van der Waals surface area contributed by atoms with Gasteiger partial charge in [-0.3, -0.25) is 14.4 Å². The van der Waals surface area contributed by atoms with Crippen LogP contribution in [0.5, 0.6) is 0 Å².